The Morgan fingerprint density at radius 3 is 2.74 bits per heavy atom. The second kappa shape index (κ2) is 4.45. The van der Waals surface area contributed by atoms with Crippen molar-refractivity contribution in [2.45, 2.75) is 13.3 Å². The minimum absolute atomic E-state index is 0.257. The van der Waals surface area contributed by atoms with Crippen LogP contribution < -0.4 is 15.2 Å². The highest BCUT2D eigenvalue weighted by Crippen LogP contribution is 2.47. The van der Waals surface area contributed by atoms with E-state index >= 15 is 0 Å². The zero-order valence-corrected chi connectivity index (χ0v) is 12.3. The van der Waals surface area contributed by atoms with Crippen molar-refractivity contribution < 1.29 is 9.47 Å². The Hall–Kier alpha value is -1.69. The van der Waals surface area contributed by atoms with Gasteiger partial charge < -0.3 is 15.2 Å². The molecule has 1 aliphatic heterocycles. The highest BCUT2D eigenvalue weighted by atomic mass is 79.9. The molecule has 0 aliphatic carbocycles. The first-order valence-electron chi connectivity index (χ1n) is 6.02. The quantitative estimate of drug-likeness (QED) is 0.923. The van der Waals surface area contributed by atoms with Crippen LogP contribution in [0.1, 0.15) is 12.5 Å². The summed E-state index contributed by atoms with van der Waals surface area (Å²) in [4.78, 5) is 0. The first-order valence-corrected chi connectivity index (χ1v) is 6.81. The van der Waals surface area contributed by atoms with Gasteiger partial charge >= 0.3 is 0 Å². The van der Waals surface area contributed by atoms with Gasteiger partial charge in [0, 0.05) is 18.2 Å². The summed E-state index contributed by atoms with van der Waals surface area (Å²) in [6.07, 6.45) is 2.61. The predicted molar refractivity (Wildman–Crippen MR) is 76.3 cm³/mol. The number of rotatable bonds is 2. The normalized spacial score (nSPS) is 13.0. The summed E-state index contributed by atoms with van der Waals surface area (Å²) in [6.45, 7) is 2.34. The second-order valence-corrected chi connectivity index (χ2v) is 5.22. The van der Waals surface area contributed by atoms with Crippen molar-refractivity contribution in [3.05, 3.63) is 22.3 Å². The van der Waals surface area contributed by atoms with Crippen molar-refractivity contribution in [1.29, 1.82) is 0 Å². The maximum absolute atomic E-state index is 6.07. The molecule has 2 N–H and O–H groups in total. The number of hydrogen-bond acceptors (Lipinski definition) is 4. The smallest absolute Gasteiger partial charge is 0.231 e. The fraction of sp³-hybridized carbons (Fsp3) is 0.308. The van der Waals surface area contributed by atoms with Crippen LogP contribution >= 0.6 is 15.9 Å². The summed E-state index contributed by atoms with van der Waals surface area (Å²) >= 11 is 3.52. The van der Waals surface area contributed by atoms with Gasteiger partial charge in [-0.1, -0.05) is 6.92 Å². The Balaban J connectivity index is 2.27. The molecule has 2 heterocycles. The maximum atomic E-state index is 6.07. The van der Waals surface area contributed by atoms with Crippen molar-refractivity contribution in [2.24, 2.45) is 7.05 Å². The number of nitrogens with two attached hydrogens (primary N) is 1. The molecule has 19 heavy (non-hydrogen) atoms. The molecule has 3 rings (SSSR count). The van der Waals surface area contributed by atoms with E-state index in [0.29, 0.717) is 5.82 Å². The van der Waals surface area contributed by atoms with E-state index in [1.807, 2.05) is 13.1 Å². The summed E-state index contributed by atoms with van der Waals surface area (Å²) in [5.74, 6) is 2.21. The van der Waals surface area contributed by atoms with Gasteiger partial charge in [-0.25, -0.2) is 0 Å². The van der Waals surface area contributed by atoms with Gasteiger partial charge in [0.1, 0.15) is 5.82 Å². The van der Waals surface area contributed by atoms with Gasteiger partial charge in [-0.2, -0.15) is 5.10 Å². The molecule has 2 aromatic rings. The molecule has 1 aromatic carbocycles. The summed E-state index contributed by atoms with van der Waals surface area (Å²) in [5, 5.41) is 4.20. The minimum atomic E-state index is 0.257. The number of halogens is 1. The van der Waals surface area contributed by atoms with Crippen LogP contribution in [0.25, 0.3) is 11.1 Å². The van der Waals surface area contributed by atoms with E-state index in [-0.39, 0.29) is 6.79 Å². The number of fused-ring (bicyclic) bond motifs is 1. The maximum Gasteiger partial charge on any atom is 0.231 e. The molecule has 0 unspecified atom stereocenters. The number of hydrogen-bond donors (Lipinski definition) is 1. The second-order valence-electron chi connectivity index (χ2n) is 4.37. The Morgan fingerprint density at radius 1 is 1.37 bits per heavy atom. The first kappa shape index (κ1) is 12.3. The standard InChI is InChI=1S/C13H14BrN3O2/c1-3-7-8(9-5-16-17(2)13(9)15)4-10(14)12-11(7)18-6-19-12/h4-5H,3,6,15H2,1-2H3. The lowest BCUT2D eigenvalue weighted by Crippen LogP contribution is -1.99. The van der Waals surface area contributed by atoms with Crippen LogP contribution in [0.5, 0.6) is 11.5 Å². The van der Waals surface area contributed by atoms with Crippen LogP contribution in [0.3, 0.4) is 0 Å². The van der Waals surface area contributed by atoms with Crippen LogP contribution in [-0.4, -0.2) is 16.6 Å². The van der Waals surface area contributed by atoms with Crippen molar-refractivity contribution >= 4 is 21.7 Å². The highest BCUT2D eigenvalue weighted by Gasteiger charge is 2.25. The lowest BCUT2D eigenvalue weighted by Gasteiger charge is -2.12. The van der Waals surface area contributed by atoms with Crippen LogP contribution in [0, 0.1) is 0 Å². The van der Waals surface area contributed by atoms with Gasteiger partial charge in [0.25, 0.3) is 0 Å². The van der Waals surface area contributed by atoms with Gasteiger partial charge in [-0.15, -0.1) is 0 Å². The van der Waals surface area contributed by atoms with Crippen molar-refractivity contribution in [3.63, 3.8) is 0 Å². The lowest BCUT2D eigenvalue weighted by molar-refractivity contribution is 0.173. The predicted octanol–water partition coefficient (Wildman–Crippen LogP) is 2.72. The van der Waals surface area contributed by atoms with E-state index in [9.17, 15) is 0 Å². The molecule has 0 bridgehead atoms. The van der Waals surface area contributed by atoms with E-state index in [1.165, 1.54) is 0 Å². The van der Waals surface area contributed by atoms with Crippen LogP contribution in [0.4, 0.5) is 5.82 Å². The fourth-order valence-corrected chi connectivity index (χ4v) is 2.85. The Bertz CT molecular complexity index is 652. The topological polar surface area (TPSA) is 62.3 Å². The average Bonchev–Trinajstić information content (AvgIpc) is 2.99. The van der Waals surface area contributed by atoms with Crippen molar-refractivity contribution in [1.82, 2.24) is 9.78 Å². The molecule has 6 heteroatoms. The van der Waals surface area contributed by atoms with Gasteiger partial charge in [-0.3, -0.25) is 4.68 Å². The molecule has 0 amide bonds. The molecule has 1 aromatic heterocycles. The van der Waals surface area contributed by atoms with E-state index in [2.05, 4.69) is 28.0 Å². The molecule has 0 saturated heterocycles. The Kier molecular flexibility index (Phi) is 2.89. The molecule has 100 valence electrons. The number of aromatic nitrogens is 2. The van der Waals surface area contributed by atoms with Crippen molar-refractivity contribution in [3.8, 4) is 22.6 Å². The number of nitrogens with zero attached hydrogens (tertiary/aromatic N) is 2. The molecular weight excluding hydrogens is 310 g/mol. The van der Waals surface area contributed by atoms with Gasteiger partial charge in [-0.05, 0) is 34.0 Å². The Morgan fingerprint density at radius 2 is 2.11 bits per heavy atom. The fourth-order valence-electron chi connectivity index (χ4n) is 2.33. The third-order valence-electron chi connectivity index (χ3n) is 3.33. The zero-order chi connectivity index (χ0) is 13.6. The number of nitrogen functional groups attached to an aromatic ring is 1. The summed E-state index contributed by atoms with van der Waals surface area (Å²) in [7, 11) is 1.83. The summed E-state index contributed by atoms with van der Waals surface area (Å²) in [6, 6.07) is 2.01. The van der Waals surface area contributed by atoms with Crippen molar-refractivity contribution in [2.75, 3.05) is 12.5 Å². The van der Waals surface area contributed by atoms with Gasteiger partial charge in [0.2, 0.25) is 6.79 Å². The molecule has 0 fully saturated rings. The molecule has 0 atom stereocenters. The third-order valence-corrected chi connectivity index (χ3v) is 3.92. The van der Waals surface area contributed by atoms with Crippen LogP contribution in [0.15, 0.2) is 16.7 Å². The SMILES string of the molecule is CCc1c(-c2cnn(C)c2N)cc(Br)c2c1OCO2. The molecular formula is C13H14BrN3O2. The molecule has 1 aliphatic rings. The number of anilines is 1. The third kappa shape index (κ3) is 1.78. The molecule has 0 spiro atoms. The average molecular weight is 324 g/mol. The Labute approximate surface area is 119 Å². The minimum Gasteiger partial charge on any atom is -0.453 e. The van der Waals surface area contributed by atoms with Crippen LogP contribution in [-0.2, 0) is 13.5 Å². The lowest BCUT2D eigenvalue weighted by atomic mass is 9.98. The number of benzene rings is 1. The largest absolute Gasteiger partial charge is 0.453 e. The number of aryl methyl sites for hydroxylation is 1. The number of ether oxygens (including phenoxy) is 2. The van der Waals surface area contributed by atoms with Gasteiger partial charge in [0.05, 0.1) is 10.7 Å². The van der Waals surface area contributed by atoms with E-state index in [0.717, 1.165) is 39.1 Å². The first-order chi connectivity index (χ1) is 9.13. The van der Waals surface area contributed by atoms with E-state index < -0.39 is 0 Å². The summed E-state index contributed by atoms with van der Waals surface area (Å²) in [5.41, 5.74) is 9.11. The molecule has 5 nitrogen and oxygen atoms in total. The monoisotopic (exact) mass is 323 g/mol. The molecule has 0 saturated carbocycles. The van der Waals surface area contributed by atoms with E-state index in [1.54, 1.807) is 10.9 Å². The van der Waals surface area contributed by atoms with Gasteiger partial charge in [0.15, 0.2) is 11.5 Å². The molecule has 0 radical (unpaired) electrons. The van der Waals surface area contributed by atoms with E-state index in [4.69, 9.17) is 15.2 Å². The summed E-state index contributed by atoms with van der Waals surface area (Å²) < 4.78 is 13.6. The van der Waals surface area contributed by atoms with Crippen LogP contribution in [0.2, 0.25) is 0 Å². The zero-order valence-electron chi connectivity index (χ0n) is 10.7. The highest BCUT2D eigenvalue weighted by molar-refractivity contribution is 9.10.